The number of hydrogen-bond donors (Lipinski definition) is 2. The Bertz CT molecular complexity index is 390. The van der Waals surface area contributed by atoms with Crippen LogP contribution in [0.5, 0.6) is 0 Å². The minimum absolute atomic E-state index is 0.00385. The van der Waals surface area contributed by atoms with Gasteiger partial charge in [-0.05, 0) is 19.3 Å². The second-order valence-electron chi connectivity index (χ2n) is 4.14. The first-order valence-corrected chi connectivity index (χ1v) is 6.70. The molecule has 0 bridgehead atoms. The monoisotopic (exact) mass is 255 g/mol. The first kappa shape index (κ1) is 12.5. The molecule has 3 N–H and O–H groups in total. The van der Waals surface area contributed by atoms with Crippen LogP contribution in [-0.2, 0) is 6.54 Å². The molecule has 0 saturated heterocycles. The van der Waals surface area contributed by atoms with Crippen LogP contribution >= 0.6 is 11.3 Å². The molecule has 6 heteroatoms. The lowest BCUT2D eigenvalue weighted by molar-refractivity contribution is 0.0520. The number of nitrogens with two attached hydrogens (primary N) is 1. The smallest absolute Gasteiger partial charge is 0.273 e. The van der Waals surface area contributed by atoms with E-state index < -0.39 is 0 Å². The van der Waals surface area contributed by atoms with Gasteiger partial charge in [0.15, 0.2) is 0 Å². The van der Waals surface area contributed by atoms with Crippen molar-refractivity contribution in [2.24, 2.45) is 5.73 Å². The molecule has 1 saturated carbocycles. The molecule has 0 spiro atoms. The molecule has 1 aromatic heterocycles. The van der Waals surface area contributed by atoms with Crippen LogP contribution in [-0.4, -0.2) is 40.1 Å². The second kappa shape index (κ2) is 5.57. The fourth-order valence-electron chi connectivity index (χ4n) is 1.91. The van der Waals surface area contributed by atoms with Crippen LogP contribution in [0, 0.1) is 0 Å². The Labute approximate surface area is 104 Å². The van der Waals surface area contributed by atoms with E-state index in [1.54, 1.807) is 10.3 Å². The SMILES string of the molecule is NCc1nc(C(=O)N(CCO)C2CCC2)cs1. The molecule has 1 fully saturated rings. The number of nitrogens with zero attached hydrogens (tertiary/aromatic N) is 2. The Hall–Kier alpha value is -0.980. The third kappa shape index (κ3) is 2.65. The summed E-state index contributed by atoms with van der Waals surface area (Å²) >= 11 is 1.40. The van der Waals surface area contributed by atoms with Crippen LogP contribution in [0.15, 0.2) is 5.38 Å². The van der Waals surface area contributed by atoms with Crippen molar-refractivity contribution >= 4 is 17.2 Å². The van der Waals surface area contributed by atoms with Gasteiger partial charge in [0.2, 0.25) is 0 Å². The summed E-state index contributed by atoms with van der Waals surface area (Å²) in [5.74, 6) is -0.0836. The summed E-state index contributed by atoms with van der Waals surface area (Å²) in [7, 11) is 0. The maximum atomic E-state index is 12.2. The number of rotatable bonds is 5. The molecule has 2 rings (SSSR count). The average molecular weight is 255 g/mol. The van der Waals surface area contributed by atoms with Crippen LogP contribution in [0.1, 0.15) is 34.8 Å². The molecule has 1 aromatic rings. The molecule has 1 aliphatic rings. The molecule has 0 aromatic carbocycles. The van der Waals surface area contributed by atoms with Gasteiger partial charge in [0.25, 0.3) is 5.91 Å². The Morgan fingerprint density at radius 3 is 2.88 bits per heavy atom. The third-order valence-corrected chi connectivity index (χ3v) is 3.93. The molecular formula is C11H17N3O2S. The number of carbonyl (C=O) groups excluding carboxylic acids is 1. The molecule has 1 amide bonds. The Balaban J connectivity index is 2.09. The van der Waals surface area contributed by atoms with E-state index in [-0.39, 0.29) is 18.6 Å². The van der Waals surface area contributed by atoms with Crippen molar-refractivity contribution in [3.8, 4) is 0 Å². The lowest BCUT2D eigenvalue weighted by Gasteiger charge is -2.36. The lowest BCUT2D eigenvalue weighted by atomic mass is 9.91. The molecule has 0 aliphatic heterocycles. The van der Waals surface area contributed by atoms with E-state index in [9.17, 15) is 4.79 Å². The van der Waals surface area contributed by atoms with Crippen molar-refractivity contribution in [1.82, 2.24) is 9.88 Å². The first-order chi connectivity index (χ1) is 8.26. The Morgan fingerprint density at radius 2 is 2.41 bits per heavy atom. The number of hydrogen-bond acceptors (Lipinski definition) is 5. The normalized spacial score (nSPS) is 15.6. The van der Waals surface area contributed by atoms with Crippen molar-refractivity contribution in [3.63, 3.8) is 0 Å². The summed E-state index contributed by atoms with van der Waals surface area (Å²) in [5.41, 5.74) is 5.93. The van der Waals surface area contributed by atoms with E-state index in [1.807, 2.05) is 0 Å². The molecular weight excluding hydrogens is 238 g/mol. The highest BCUT2D eigenvalue weighted by Gasteiger charge is 2.29. The Kier molecular flexibility index (Phi) is 4.09. The Morgan fingerprint density at radius 1 is 1.65 bits per heavy atom. The average Bonchev–Trinajstić information content (AvgIpc) is 2.73. The van der Waals surface area contributed by atoms with E-state index in [0.717, 1.165) is 24.3 Å². The summed E-state index contributed by atoms with van der Waals surface area (Å²) in [6.07, 6.45) is 3.21. The fourth-order valence-corrected chi connectivity index (χ4v) is 2.55. The van der Waals surface area contributed by atoms with Crippen LogP contribution in [0.2, 0.25) is 0 Å². The number of aliphatic hydroxyl groups is 1. The van der Waals surface area contributed by atoms with Crippen molar-refractivity contribution in [3.05, 3.63) is 16.1 Å². The van der Waals surface area contributed by atoms with Crippen molar-refractivity contribution < 1.29 is 9.90 Å². The van der Waals surface area contributed by atoms with Gasteiger partial charge in [-0.15, -0.1) is 11.3 Å². The summed E-state index contributed by atoms with van der Waals surface area (Å²) in [5, 5.41) is 11.5. The predicted molar refractivity (Wildman–Crippen MR) is 65.8 cm³/mol. The van der Waals surface area contributed by atoms with Crippen LogP contribution in [0.25, 0.3) is 0 Å². The molecule has 5 nitrogen and oxygen atoms in total. The van der Waals surface area contributed by atoms with Crippen LogP contribution in [0.3, 0.4) is 0 Å². The quantitative estimate of drug-likeness (QED) is 0.807. The highest BCUT2D eigenvalue weighted by Crippen LogP contribution is 2.26. The van der Waals surface area contributed by atoms with Gasteiger partial charge >= 0.3 is 0 Å². The minimum Gasteiger partial charge on any atom is -0.395 e. The van der Waals surface area contributed by atoms with Gasteiger partial charge in [-0.3, -0.25) is 4.79 Å². The largest absolute Gasteiger partial charge is 0.395 e. The van der Waals surface area contributed by atoms with Gasteiger partial charge in [0.05, 0.1) is 6.61 Å². The standard InChI is InChI=1S/C11H17N3O2S/c12-6-10-13-9(7-17-10)11(16)14(4-5-15)8-2-1-3-8/h7-8,15H,1-6,12H2. The highest BCUT2D eigenvalue weighted by atomic mass is 32.1. The van der Waals surface area contributed by atoms with Crippen LogP contribution < -0.4 is 5.73 Å². The summed E-state index contributed by atoms with van der Waals surface area (Å²) in [6, 6.07) is 0.276. The highest BCUT2D eigenvalue weighted by molar-refractivity contribution is 7.09. The summed E-state index contributed by atoms with van der Waals surface area (Å²) < 4.78 is 0. The van der Waals surface area contributed by atoms with Gasteiger partial charge in [-0.25, -0.2) is 4.98 Å². The maximum absolute atomic E-state index is 12.2. The molecule has 17 heavy (non-hydrogen) atoms. The first-order valence-electron chi connectivity index (χ1n) is 5.82. The molecule has 1 heterocycles. The van der Waals surface area contributed by atoms with Crippen molar-refractivity contribution in [2.45, 2.75) is 31.8 Å². The molecule has 0 radical (unpaired) electrons. The minimum atomic E-state index is -0.0836. The van der Waals surface area contributed by atoms with Gasteiger partial charge in [0.1, 0.15) is 10.7 Å². The number of amides is 1. The zero-order chi connectivity index (χ0) is 12.3. The van der Waals surface area contributed by atoms with Crippen LogP contribution in [0.4, 0.5) is 0 Å². The number of thiazole rings is 1. The van der Waals surface area contributed by atoms with Gasteiger partial charge in [0, 0.05) is 24.5 Å². The number of aliphatic hydroxyl groups excluding tert-OH is 1. The lowest BCUT2D eigenvalue weighted by Crippen LogP contribution is -2.45. The fraction of sp³-hybridized carbons (Fsp3) is 0.636. The zero-order valence-corrected chi connectivity index (χ0v) is 10.4. The molecule has 94 valence electrons. The summed E-state index contributed by atoms with van der Waals surface area (Å²) in [6.45, 7) is 0.747. The number of aromatic nitrogens is 1. The van der Waals surface area contributed by atoms with E-state index >= 15 is 0 Å². The van der Waals surface area contributed by atoms with Crippen molar-refractivity contribution in [1.29, 1.82) is 0 Å². The van der Waals surface area contributed by atoms with Crippen molar-refractivity contribution in [2.75, 3.05) is 13.2 Å². The third-order valence-electron chi connectivity index (χ3n) is 3.06. The molecule has 0 atom stereocenters. The number of carbonyl (C=O) groups is 1. The van der Waals surface area contributed by atoms with Gasteiger partial charge in [-0.1, -0.05) is 0 Å². The van der Waals surface area contributed by atoms with E-state index in [4.69, 9.17) is 10.8 Å². The van der Waals surface area contributed by atoms with Gasteiger partial charge < -0.3 is 15.7 Å². The summed E-state index contributed by atoms with van der Waals surface area (Å²) in [4.78, 5) is 18.1. The van der Waals surface area contributed by atoms with E-state index in [0.29, 0.717) is 18.8 Å². The maximum Gasteiger partial charge on any atom is 0.273 e. The molecule has 0 unspecified atom stereocenters. The van der Waals surface area contributed by atoms with Gasteiger partial charge in [-0.2, -0.15) is 0 Å². The van der Waals surface area contributed by atoms with E-state index in [1.165, 1.54) is 11.3 Å². The second-order valence-corrected chi connectivity index (χ2v) is 5.08. The predicted octanol–water partition coefficient (Wildman–Crippen LogP) is 0.589. The topological polar surface area (TPSA) is 79.5 Å². The zero-order valence-electron chi connectivity index (χ0n) is 9.63. The molecule has 1 aliphatic carbocycles. The van der Waals surface area contributed by atoms with E-state index in [2.05, 4.69) is 4.98 Å².